The van der Waals surface area contributed by atoms with Crippen molar-refractivity contribution in [2.75, 3.05) is 19.4 Å². The van der Waals surface area contributed by atoms with Gasteiger partial charge in [0.2, 0.25) is 5.91 Å². The van der Waals surface area contributed by atoms with E-state index in [-0.39, 0.29) is 0 Å². The molecule has 0 bridgehead atoms. The van der Waals surface area contributed by atoms with E-state index in [0.717, 1.165) is 0 Å². The molecule has 26 heavy (non-hydrogen) atoms. The Morgan fingerprint density at radius 1 is 1.31 bits per heavy atom. The van der Waals surface area contributed by atoms with E-state index in [1.165, 1.54) is 7.11 Å². The number of nitrogens with one attached hydrogen (secondary N) is 1. The molecule has 2 aromatic rings. The monoisotopic (exact) mass is 356 g/mol. The molecule has 0 atom stereocenters. The zero-order chi connectivity index (χ0) is 19.4. The van der Waals surface area contributed by atoms with Gasteiger partial charge in [0.1, 0.15) is 5.75 Å². The van der Waals surface area contributed by atoms with Gasteiger partial charge in [-0.05, 0) is 38.1 Å². The molecule has 1 amide bonds. The van der Waals surface area contributed by atoms with E-state index in [4.69, 9.17) is 27.7 Å². The number of primary amides is 1. The van der Waals surface area contributed by atoms with E-state index in [2.05, 4.69) is 9.98 Å². The summed E-state index contributed by atoms with van der Waals surface area (Å²) in [5, 5.41) is 0.622. The first kappa shape index (κ1) is 18.9. The third-order valence-electron chi connectivity index (χ3n) is 3.74. The summed E-state index contributed by atoms with van der Waals surface area (Å²) in [5.41, 5.74) is 27.0. The van der Waals surface area contributed by atoms with Gasteiger partial charge in [-0.15, -0.1) is 0 Å². The number of amides is 1. The molecule has 0 saturated heterocycles. The van der Waals surface area contributed by atoms with Gasteiger partial charge in [0.15, 0.2) is 0 Å². The van der Waals surface area contributed by atoms with E-state index < -0.39 is 5.91 Å². The summed E-state index contributed by atoms with van der Waals surface area (Å²) < 4.78 is 5.33. The second-order valence-corrected chi connectivity index (χ2v) is 5.77. The van der Waals surface area contributed by atoms with Crippen LogP contribution in [0.25, 0.3) is 17.0 Å². The number of hydrogen-bond acceptors (Lipinski definition) is 6. The number of rotatable bonds is 6. The number of ether oxygens (including phenoxy) is 1. The maximum atomic E-state index is 11.5. The molecule has 0 aliphatic rings. The normalized spacial score (nSPS) is 13.3. The highest BCUT2D eigenvalue weighted by molar-refractivity contribution is 6.12. The van der Waals surface area contributed by atoms with E-state index in [9.17, 15) is 4.79 Å². The summed E-state index contributed by atoms with van der Waals surface area (Å²) in [6.45, 7) is 4.22. The number of nitrogen functional groups attached to an aromatic ring is 1. The predicted molar refractivity (Wildman–Crippen MR) is 106 cm³/mol. The molecule has 9 N–H and O–H groups in total. The van der Waals surface area contributed by atoms with Crippen molar-refractivity contribution >= 4 is 34.3 Å². The van der Waals surface area contributed by atoms with Crippen molar-refractivity contribution in [1.29, 1.82) is 0 Å². The van der Waals surface area contributed by atoms with Gasteiger partial charge in [-0.3, -0.25) is 9.79 Å². The predicted octanol–water partition coefficient (Wildman–Crippen LogP) is 1.48. The molecule has 1 aromatic carbocycles. The van der Waals surface area contributed by atoms with E-state index in [0.29, 0.717) is 57.2 Å². The van der Waals surface area contributed by atoms with Gasteiger partial charge in [-0.25, -0.2) is 0 Å². The number of carbonyl (C=O) groups excluding carboxylic acids is 1. The fourth-order valence-corrected chi connectivity index (χ4v) is 2.56. The van der Waals surface area contributed by atoms with Crippen LogP contribution in [0, 0.1) is 0 Å². The minimum Gasteiger partial charge on any atom is -0.495 e. The number of anilines is 1. The van der Waals surface area contributed by atoms with Crippen LogP contribution in [0.2, 0.25) is 0 Å². The highest BCUT2D eigenvalue weighted by atomic mass is 16.5. The number of aromatic amines is 1. The number of aliphatic imine (C=N–C) groups is 1. The fraction of sp³-hybridized carbons (Fsp3) is 0.222. The molecule has 8 heteroatoms. The van der Waals surface area contributed by atoms with E-state index >= 15 is 0 Å². The SMILES string of the molecule is CCN=C(/C=C(/C)N)/C(N)=C/c1[nH]c2c(OC)cc(C(N)=O)cc2c1N. The third-order valence-corrected chi connectivity index (χ3v) is 3.74. The zero-order valence-electron chi connectivity index (χ0n) is 15.1. The molecule has 0 radical (unpaired) electrons. The van der Waals surface area contributed by atoms with E-state index in [1.807, 2.05) is 6.92 Å². The Balaban J connectivity index is 2.63. The van der Waals surface area contributed by atoms with Crippen molar-refractivity contribution < 1.29 is 9.53 Å². The van der Waals surface area contributed by atoms with Crippen LogP contribution in [0.1, 0.15) is 29.9 Å². The first-order valence-corrected chi connectivity index (χ1v) is 8.03. The summed E-state index contributed by atoms with van der Waals surface area (Å²) in [5.74, 6) is -0.107. The Kier molecular flexibility index (Phi) is 5.56. The number of nitrogens with zero attached hydrogens (tertiary/aromatic N) is 1. The number of hydrogen-bond donors (Lipinski definition) is 5. The van der Waals surface area contributed by atoms with Crippen LogP contribution < -0.4 is 27.7 Å². The standard InChI is InChI=1S/C18H24N6O2/c1-4-23-13(5-9(2)19)12(20)8-14-16(21)11-6-10(18(22)25)7-15(26-3)17(11)24-14/h5-8,24H,4,19-21H2,1-3H3,(H2,22,25)/b9-5-,12-8-,23-13?. The molecular formula is C18H24N6O2. The summed E-state index contributed by atoms with van der Waals surface area (Å²) in [6.07, 6.45) is 3.37. The van der Waals surface area contributed by atoms with Crippen molar-refractivity contribution in [3.8, 4) is 5.75 Å². The molecule has 0 spiro atoms. The van der Waals surface area contributed by atoms with Crippen molar-refractivity contribution in [3.05, 3.63) is 40.9 Å². The lowest BCUT2D eigenvalue weighted by atomic mass is 10.1. The minimum absolute atomic E-state index is 0.304. The third kappa shape index (κ3) is 3.80. The number of nitrogens with two attached hydrogens (primary N) is 4. The number of aromatic nitrogens is 1. The Labute approximate surface area is 151 Å². The van der Waals surface area contributed by atoms with Gasteiger partial charge in [0.05, 0.1) is 35.4 Å². The topological polar surface area (TPSA) is 159 Å². The van der Waals surface area contributed by atoms with Gasteiger partial charge in [-0.2, -0.15) is 0 Å². The summed E-state index contributed by atoms with van der Waals surface area (Å²) in [4.78, 5) is 19.0. The van der Waals surface area contributed by atoms with Gasteiger partial charge >= 0.3 is 0 Å². The van der Waals surface area contributed by atoms with Gasteiger partial charge < -0.3 is 32.7 Å². The smallest absolute Gasteiger partial charge is 0.248 e. The molecule has 1 heterocycles. The molecular weight excluding hydrogens is 332 g/mol. The Bertz CT molecular complexity index is 933. The molecule has 0 aliphatic heterocycles. The Hall–Kier alpha value is -3.42. The van der Waals surface area contributed by atoms with Crippen LogP contribution in [0.5, 0.6) is 5.75 Å². The summed E-state index contributed by atoms with van der Waals surface area (Å²) in [7, 11) is 1.50. The molecule has 138 valence electrons. The fourth-order valence-electron chi connectivity index (χ4n) is 2.56. The largest absolute Gasteiger partial charge is 0.495 e. The second-order valence-electron chi connectivity index (χ2n) is 5.77. The van der Waals surface area contributed by atoms with Crippen molar-refractivity contribution in [2.24, 2.45) is 22.2 Å². The lowest BCUT2D eigenvalue weighted by Crippen LogP contribution is -2.11. The zero-order valence-corrected chi connectivity index (χ0v) is 15.1. The summed E-state index contributed by atoms with van der Waals surface area (Å²) >= 11 is 0. The molecule has 2 rings (SSSR count). The first-order valence-electron chi connectivity index (χ1n) is 8.03. The van der Waals surface area contributed by atoms with Crippen molar-refractivity contribution in [3.63, 3.8) is 0 Å². The lowest BCUT2D eigenvalue weighted by molar-refractivity contribution is 0.1000. The molecule has 0 aliphatic carbocycles. The number of H-pyrrole nitrogens is 1. The molecule has 1 aromatic heterocycles. The maximum Gasteiger partial charge on any atom is 0.248 e. The van der Waals surface area contributed by atoms with Crippen LogP contribution >= 0.6 is 0 Å². The number of allylic oxidation sites excluding steroid dienone is 2. The number of carbonyl (C=O) groups is 1. The number of methoxy groups -OCH3 is 1. The maximum absolute atomic E-state index is 11.5. The highest BCUT2D eigenvalue weighted by Crippen LogP contribution is 2.34. The second kappa shape index (κ2) is 7.64. The highest BCUT2D eigenvalue weighted by Gasteiger charge is 2.15. The van der Waals surface area contributed by atoms with Crippen LogP contribution in [0.15, 0.2) is 34.6 Å². The molecule has 0 saturated carbocycles. The van der Waals surface area contributed by atoms with Crippen LogP contribution in [0.3, 0.4) is 0 Å². The van der Waals surface area contributed by atoms with Crippen molar-refractivity contribution in [2.45, 2.75) is 13.8 Å². The van der Waals surface area contributed by atoms with Crippen molar-refractivity contribution in [1.82, 2.24) is 4.98 Å². The summed E-state index contributed by atoms with van der Waals surface area (Å²) in [6, 6.07) is 3.17. The minimum atomic E-state index is -0.566. The van der Waals surface area contributed by atoms with Gasteiger partial charge in [-0.1, -0.05) is 0 Å². The molecule has 0 unspecified atom stereocenters. The number of fused-ring (bicyclic) bond motifs is 1. The molecule has 8 nitrogen and oxygen atoms in total. The average Bonchev–Trinajstić information content (AvgIpc) is 2.89. The van der Waals surface area contributed by atoms with Gasteiger partial charge in [0.25, 0.3) is 0 Å². The van der Waals surface area contributed by atoms with Crippen LogP contribution in [-0.4, -0.2) is 30.3 Å². The Morgan fingerprint density at radius 3 is 2.54 bits per heavy atom. The van der Waals surface area contributed by atoms with E-state index in [1.54, 1.807) is 31.2 Å². The quantitative estimate of drug-likeness (QED) is 0.495. The van der Waals surface area contributed by atoms with Gasteiger partial charge in [0, 0.05) is 23.2 Å². The van der Waals surface area contributed by atoms with Crippen LogP contribution in [-0.2, 0) is 0 Å². The molecule has 0 fully saturated rings. The average molecular weight is 356 g/mol. The number of benzene rings is 1. The first-order chi connectivity index (χ1) is 12.3. The van der Waals surface area contributed by atoms with Crippen LogP contribution in [0.4, 0.5) is 5.69 Å². The Morgan fingerprint density at radius 2 is 2.00 bits per heavy atom. The lowest BCUT2D eigenvalue weighted by Gasteiger charge is -2.04.